The van der Waals surface area contributed by atoms with Crippen LogP contribution in [0.4, 0.5) is 10.7 Å². The first kappa shape index (κ1) is 17.5. The van der Waals surface area contributed by atoms with Crippen molar-refractivity contribution in [1.29, 1.82) is 0 Å². The zero-order valence-corrected chi connectivity index (χ0v) is 15.1. The molecule has 23 heavy (non-hydrogen) atoms. The molecule has 0 aromatic carbocycles. The number of likely N-dealkylation sites (tertiary alicyclic amines) is 1. The van der Waals surface area contributed by atoms with Gasteiger partial charge in [-0.3, -0.25) is 0 Å². The molecule has 1 amide bonds. The van der Waals surface area contributed by atoms with E-state index in [2.05, 4.69) is 9.97 Å². The molecule has 1 aromatic rings. The maximum atomic E-state index is 12.4. The van der Waals surface area contributed by atoms with Gasteiger partial charge in [0.15, 0.2) is 0 Å². The van der Waals surface area contributed by atoms with Gasteiger partial charge in [0.25, 0.3) is 0 Å². The first-order valence-corrected chi connectivity index (χ1v) is 8.19. The highest BCUT2D eigenvalue weighted by Gasteiger charge is 2.33. The molecule has 1 aromatic heterocycles. The largest absolute Gasteiger partial charge is 0.444 e. The molecule has 2 rings (SSSR count). The summed E-state index contributed by atoms with van der Waals surface area (Å²) in [7, 11) is 1.97. The van der Waals surface area contributed by atoms with Crippen LogP contribution in [0.5, 0.6) is 0 Å². The molecule has 6 heteroatoms. The molecule has 0 bridgehead atoms. The van der Waals surface area contributed by atoms with E-state index in [0.29, 0.717) is 12.5 Å². The van der Waals surface area contributed by atoms with Gasteiger partial charge >= 0.3 is 6.09 Å². The summed E-state index contributed by atoms with van der Waals surface area (Å²) in [6.07, 6.45) is 1.76. The summed E-state index contributed by atoms with van der Waals surface area (Å²) >= 11 is 0. The topological polar surface area (TPSA) is 58.6 Å². The van der Waals surface area contributed by atoms with Crippen molar-refractivity contribution in [2.45, 2.75) is 59.1 Å². The first-order valence-electron chi connectivity index (χ1n) is 8.19. The van der Waals surface area contributed by atoms with Crippen LogP contribution >= 0.6 is 0 Å². The van der Waals surface area contributed by atoms with E-state index in [1.807, 2.05) is 57.5 Å². The lowest BCUT2D eigenvalue weighted by molar-refractivity contribution is 0.0231. The van der Waals surface area contributed by atoms with E-state index >= 15 is 0 Å². The number of nitrogens with zero attached hydrogens (tertiary/aromatic N) is 4. The fourth-order valence-electron chi connectivity index (χ4n) is 2.86. The predicted molar refractivity (Wildman–Crippen MR) is 90.7 cm³/mol. The predicted octanol–water partition coefficient (Wildman–Crippen LogP) is 2.93. The zero-order valence-electron chi connectivity index (χ0n) is 15.1. The molecule has 1 atom stereocenters. The number of carbonyl (C=O) groups is 1. The van der Waals surface area contributed by atoms with E-state index in [0.717, 1.165) is 30.8 Å². The van der Waals surface area contributed by atoms with Crippen LogP contribution in [0.15, 0.2) is 6.07 Å². The summed E-state index contributed by atoms with van der Waals surface area (Å²) in [5, 5.41) is 0. The fraction of sp³-hybridized carbons (Fsp3) is 0.706. The first-order chi connectivity index (χ1) is 10.7. The summed E-state index contributed by atoms with van der Waals surface area (Å²) < 4.78 is 5.51. The number of amides is 1. The average Bonchev–Trinajstić information content (AvgIpc) is 2.83. The number of carbonyl (C=O) groups excluding carboxylic acids is 1. The molecule has 1 saturated heterocycles. The summed E-state index contributed by atoms with van der Waals surface area (Å²) in [6.45, 7) is 11.1. The Balaban J connectivity index is 2.04. The van der Waals surface area contributed by atoms with Crippen LogP contribution in [0, 0.1) is 13.8 Å². The maximum absolute atomic E-state index is 12.4. The highest BCUT2D eigenvalue weighted by atomic mass is 16.6. The van der Waals surface area contributed by atoms with Gasteiger partial charge in [0.2, 0.25) is 5.95 Å². The third-order valence-electron chi connectivity index (χ3n) is 3.80. The van der Waals surface area contributed by atoms with E-state index in [1.165, 1.54) is 0 Å². The third kappa shape index (κ3) is 4.81. The van der Waals surface area contributed by atoms with Crippen molar-refractivity contribution in [1.82, 2.24) is 14.9 Å². The summed E-state index contributed by atoms with van der Waals surface area (Å²) in [5.74, 6) is 0.707. The molecular formula is C17H28N4O2. The van der Waals surface area contributed by atoms with Crippen molar-refractivity contribution in [2.75, 3.05) is 25.0 Å². The van der Waals surface area contributed by atoms with Gasteiger partial charge in [0.1, 0.15) is 5.60 Å². The molecule has 0 N–H and O–H groups in total. The number of anilines is 1. The van der Waals surface area contributed by atoms with Gasteiger partial charge in [-0.1, -0.05) is 0 Å². The molecular weight excluding hydrogens is 292 g/mol. The van der Waals surface area contributed by atoms with E-state index in [9.17, 15) is 4.79 Å². The molecule has 2 heterocycles. The number of hydrogen-bond acceptors (Lipinski definition) is 5. The van der Waals surface area contributed by atoms with Crippen molar-refractivity contribution in [3.63, 3.8) is 0 Å². The Hall–Kier alpha value is -1.85. The SMILES string of the molecule is Cc1cc(C)nc(N(C)CC2CCCN2C(=O)OC(C)(C)C)n1. The minimum Gasteiger partial charge on any atom is -0.444 e. The Morgan fingerprint density at radius 3 is 2.52 bits per heavy atom. The number of likely N-dealkylation sites (N-methyl/N-ethyl adjacent to an activating group) is 1. The Kier molecular flexibility index (Phi) is 5.12. The average molecular weight is 320 g/mol. The molecule has 1 fully saturated rings. The number of ether oxygens (including phenoxy) is 1. The molecule has 0 radical (unpaired) electrons. The zero-order chi connectivity index (χ0) is 17.2. The second kappa shape index (κ2) is 6.72. The fourth-order valence-corrected chi connectivity index (χ4v) is 2.86. The number of hydrogen-bond donors (Lipinski definition) is 0. The van der Waals surface area contributed by atoms with E-state index in [1.54, 1.807) is 0 Å². The van der Waals surface area contributed by atoms with Gasteiger partial charge in [-0.15, -0.1) is 0 Å². The highest BCUT2D eigenvalue weighted by molar-refractivity contribution is 5.69. The van der Waals surface area contributed by atoms with Gasteiger partial charge in [-0.25, -0.2) is 14.8 Å². The molecule has 6 nitrogen and oxygen atoms in total. The van der Waals surface area contributed by atoms with Gasteiger partial charge in [0, 0.05) is 31.5 Å². The molecule has 1 unspecified atom stereocenters. The number of aromatic nitrogens is 2. The van der Waals surface area contributed by atoms with Gasteiger partial charge in [-0.05, 0) is 53.5 Å². The molecule has 128 valence electrons. The van der Waals surface area contributed by atoms with Crippen LogP contribution < -0.4 is 4.90 Å². The molecule has 1 aliphatic heterocycles. The standard InChI is InChI=1S/C17H28N4O2/c1-12-10-13(2)19-15(18-12)20(6)11-14-8-7-9-21(14)16(22)23-17(3,4)5/h10,14H,7-9,11H2,1-6H3. The van der Waals surface area contributed by atoms with Crippen molar-refractivity contribution in [3.05, 3.63) is 17.5 Å². The van der Waals surface area contributed by atoms with Crippen molar-refractivity contribution in [2.24, 2.45) is 0 Å². The molecule has 1 aliphatic rings. The summed E-state index contributed by atoms with van der Waals surface area (Å²) in [6, 6.07) is 2.10. The maximum Gasteiger partial charge on any atom is 0.410 e. The lowest BCUT2D eigenvalue weighted by Crippen LogP contribution is -2.44. The highest BCUT2D eigenvalue weighted by Crippen LogP contribution is 2.22. The van der Waals surface area contributed by atoms with E-state index in [4.69, 9.17) is 4.74 Å². The van der Waals surface area contributed by atoms with E-state index < -0.39 is 5.60 Å². The van der Waals surface area contributed by atoms with Crippen LogP contribution in [0.1, 0.15) is 45.0 Å². The van der Waals surface area contributed by atoms with Crippen LogP contribution in [-0.4, -0.2) is 52.7 Å². The molecule has 0 aliphatic carbocycles. The van der Waals surface area contributed by atoms with E-state index in [-0.39, 0.29) is 12.1 Å². The number of aryl methyl sites for hydroxylation is 2. The van der Waals surface area contributed by atoms with Gasteiger partial charge in [0.05, 0.1) is 6.04 Å². The van der Waals surface area contributed by atoms with Gasteiger partial charge < -0.3 is 14.5 Å². The molecule has 0 saturated carbocycles. The molecule has 0 spiro atoms. The normalized spacial score (nSPS) is 18.2. The van der Waals surface area contributed by atoms with Crippen molar-refractivity contribution >= 4 is 12.0 Å². The Labute approximate surface area is 138 Å². The van der Waals surface area contributed by atoms with Crippen LogP contribution in [-0.2, 0) is 4.74 Å². The lowest BCUT2D eigenvalue weighted by atomic mass is 10.2. The van der Waals surface area contributed by atoms with Crippen LogP contribution in [0.25, 0.3) is 0 Å². The minimum absolute atomic E-state index is 0.138. The van der Waals surface area contributed by atoms with Crippen molar-refractivity contribution < 1.29 is 9.53 Å². The van der Waals surface area contributed by atoms with Crippen LogP contribution in [0.3, 0.4) is 0 Å². The smallest absolute Gasteiger partial charge is 0.410 e. The second-order valence-corrected chi connectivity index (χ2v) is 7.30. The second-order valence-electron chi connectivity index (χ2n) is 7.30. The third-order valence-corrected chi connectivity index (χ3v) is 3.80. The lowest BCUT2D eigenvalue weighted by Gasteiger charge is -2.31. The van der Waals surface area contributed by atoms with Crippen molar-refractivity contribution in [3.8, 4) is 0 Å². The quantitative estimate of drug-likeness (QED) is 0.857. The monoisotopic (exact) mass is 320 g/mol. The van der Waals surface area contributed by atoms with Crippen LogP contribution in [0.2, 0.25) is 0 Å². The van der Waals surface area contributed by atoms with Gasteiger partial charge in [-0.2, -0.15) is 0 Å². The Morgan fingerprint density at radius 1 is 1.35 bits per heavy atom. The summed E-state index contributed by atoms with van der Waals surface area (Å²) in [5.41, 5.74) is 1.44. The Morgan fingerprint density at radius 2 is 1.96 bits per heavy atom. The Bertz CT molecular complexity index is 548. The number of rotatable bonds is 3. The minimum atomic E-state index is -0.465. The summed E-state index contributed by atoms with van der Waals surface area (Å²) in [4.78, 5) is 25.2.